The second-order valence-corrected chi connectivity index (χ2v) is 14.7. The maximum absolute atomic E-state index is 13.6. The average Bonchev–Trinajstić information content (AvgIpc) is 3.27. The Morgan fingerprint density at radius 2 is 0.969 bits per heavy atom. The molecule has 0 saturated carbocycles. The lowest BCUT2D eigenvalue weighted by Gasteiger charge is -2.18. The van der Waals surface area contributed by atoms with Crippen LogP contribution < -0.4 is 30.7 Å². The summed E-state index contributed by atoms with van der Waals surface area (Å²) in [5.74, 6) is -4.07. The smallest absolute Gasteiger partial charge is 0.259 e. The molecule has 16 nitrogen and oxygen atoms in total. The summed E-state index contributed by atoms with van der Waals surface area (Å²) < 4.78 is 11.0. The van der Waals surface area contributed by atoms with Gasteiger partial charge in [0.15, 0.2) is 11.6 Å². The highest BCUT2D eigenvalue weighted by molar-refractivity contribution is 6.37. The molecule has 0 radical (unpaired) electrons. The predicted octanol–water partition coefficient (Wildman–Crippen LogP) is 10.4. The largest absolute Gasteiger partial charge is 0.494 e. The van der Waals surface area contributed by atoms with Crippen LogP contribution in [0.1, 0.15) is 45.7 Å². The zero-order chi connectivity index (χ0) is 46.5. The first-order valence-corrected chi connectivity index (χ1v) is 20.7. The molecule has 4 N–H and O–H groups in total. The first-order valence-electron chi connectivity index (χ1n) is 18.9. The Kier molecular flexibility index (Phi) is 17.0. The van der Waals surface area contributed by atoms with E-state index in [1.807, 2.05) is 0 Å². The van der Waals surface area contributed by atoms with Crippen LogP contribution in [0.15, 0.2) is 118 Å². The quantitative estimate of drug-likeness (QED) is 0.0375. The van der Waals surface area contributed by atoms with Crippen LogP contribution in [0.2, 0.25) is 10.0 Å². The normalized spacial score (nSPS) is 12.0. The number of amides is 4. The topological polar surface area (TPSA) is 218 Å². The second kappa shape index (κ2) is 22.6. The maximum Gasteiger partial charge on any atom is 0.259 e. The van der Waals surface area contributed by atoms with Gasteiger partial charge in [-0.05, 0) is 61.4 Å². The number of halogens is 4. The number of hydrogen-bond acceptors (Lipinski definition) is 12. The number of methoxy groups -OCH3 is 2. The van der Waals surface area contributed by atoms with E-state index in [0.29, 0.717) is 22.5 Å². The third-order valence-corrected chi connectivity index (χ3v) is 10.5. The minimum Gasteiger partial charge on any atom is -0.494 e. The fourth-order valence-corrected chi connectivity index (χ4v) is 6.79. The van der Waals surface area contributed by atoms with Crippen LogP contribution in [0, 0.1) is 0 Å². The summed E-state index contributed by atoms with van der Waals surface area (Å²) in [6.45, 7) is 2.26. The third-order valence-electron chi connectivity index (χ3n) is 9.12. The van der Waals surface area contributed by atoms with Gasteiger partial charge in [0.2, 0.25) is 12.1 Å². The molecule has 0 aliphatic rings. The van der Waals surface area contributed by atoms with E-state index in [0.717, 1.165) is 13.8 Å². The Labute approximate surface area is 386 Å². The van der Waals surface area contributed by atoms with Crippen molar-refractivity contribution in [2.45, 2.75) is 37.7 Å². The van der Waals surface area contributed by atoms with Crippen molar-refractivity contribution in [3.05, 3.63) is 129 Å². The standard InChI is InChI=1S/C44H38Cl4N8O8/c1-23(57)38(55-53-32-17-9-13-28(36(32)47)41(59)50-30-15-7-5-11-25(30)21-45)43(61)49-27-19-34(63-3)40(35(20-27)64-4)52-44(62)39(24(2)58)56-54-33-18-10-14-29(37(33)48)42(60)51-31-16-8-6-12-26(31)22-46/h5-20,38-39H,21-22H2,1-4H3,(H,49,61)(H,50,59)(H,51,60)(H,52,62). The van der Waals surface area contributed by atoms with E-state index < -0.39 is 47.3 Å². The van der Waals surface area contributed by atoms with Gasteiger partial charge in [0.1, 0.15) is 28.6 Å². The lowest BCUT2D eigenvalue weighted by atomic mass is 10.1. The minimum atomic E-state index is -1.70. The van der Waals surface area contributed by atoms with E-state index in [2.05, 4.69) is 41.7 Å². The lowest BCUT2D eigenvalue weighted by Crippen LogP contribution is -2.32. The molecule has 0 bridgehead atoms. The third kappa shape index (κ3) is 11.8. The second-order valence-electron chi connectivity index (χ2n) is 13.5. The summed E-state index contributed by atoms with van der Waals surface area (Å²) in [5, 5.41) is 26.4. The Bertz CT molecular complexity index is 2650. The molecule has 0 heterocycles. The van der Waals surface area contributed by atoms with Crippen LogP contribution in [-0.4, -0.2) is 61.5 Å². The van der Waals surface area contributed by atoms with Crippen LogP contribution in [0.4, 0.5) is 34.1 Å². The minimum absolute atomic E-state index is 0.00186. The molecule has 2 unspecified atom stereocenters. The summed E-state index contributed by atoms with van der Waals surface area (Å²) in [7, 11) is 2.55. The number of alkyl halides is 2. The van der Waals surface area contributed by atoms with Crippen LogP contribution in [-0.2, 0) is 30.9 Å². The first-order chi connectivity index (χ1) is 30.7. The summed E-state index contributed by atoms with van der Waals surface area (Å²) in [6, 6.07) is 22.0. The summed E-state index contributed by atoms with van der Waals surface area (Å²) in [4.78, 5) is 78.7. The van der Waals surface area contributed by atoms with Crippen LogP contribution in [0.5, 0.6) is 11.5 Å². The number of ether oxygens (including phenoxy) is 2. The number of Topliss-reactive ketones (excluding diaryl/α,β-unsaturated/α-hetero) is 2. The molecular formula is C44H38Cl4N8O8. The van der Waals surface area contributed by atoms with Gasteiger partial charge in [0, 0.05) is 41.0 Å². The number of carbonyl (C=O) groups excluding carboxylic acids is 6. The number of carbonyl (C=O) groups is 6. The zero-order valence-electron chi connectivity index (χ0n) is 34.4. The number of ketones is 2. The van der Waals surface area contributed by atoms with Crippen LogP contribution in [0.25, 0.3) is 0 Å². The van der Waals surface area contributed by atoms with Crippen LogP contribution in [0.3, 0.4) is 0 Å². The van der Waals surface area contributed by atoms with E-state index in [4.69, 9.17) is 55.9 Å². The number of azo groups is 2. The van der Waals surface area contributed by atoms with Gasteiger partial charge in [-0.2, -0.15) is 20.5 Å². The van der Waals surface area contributed by atoms with Crippen molar-refractivity contribution in [1.82, 2.24) is 0 Å². The number of rotatable bonds is 18. The SMILES string of the molecule is COc1cc(NC(=O)C(N=Nc2cccc(C(=O)Nc3ccccc3CCl)c2Cl)C(C)=O)cc(OC)c1NC(=O)C(N=Nc1cccc(C(=O)Nc2ccccc2CCl)c1Cl)C(C)=O. The number of nitrogens with zero attached hydrogens (tertiary/aromatic N) is 4. The van der Waals surface area contributed by atoms with E-state index in [-0.39, 0.29) is 67.2 Å². The summed E-state index contributed by atoms with van der Waals surface area (Å²) in [5.41, 5.74) is 2.48. The molecule has 64 heavy (non-hydrogen) atoms. The molecule has 5 rings (SSSR count). The highest BCUT2D eigenvalue weighted by Crippen LogP contribution is 2.39. The molecule has 0 spiro atoms. The molecule has 330 valence electrons. The van der Waals surface area contributed by atoms with Gasteiger partial charge in [-0.1, -0.05) is 71.7 Å². The molecule has 0 aromatic heterocycles. The highest BCUT2D eigenvalue weighted by atomic mass is 35.5. The predicted molar refractivity (Wildman–Crippen MR) is 246 cm³/mol. The van der Waals surface area contributed by atoms with Gasteiger partial charge in [0.25, 0.3) is 23.6 Å². The number of para-hydroxylation sites is 2. The van der Waals surface area contributed by atoms with Crippen molar-refractivity contribution < 1.29 is 38.2 Å². The van der Waals surface area contributed by atoms with Crippen molar-refractivity contribution >= 4 is 116 Å². The number of anilines is 4. The van der Waals surface area contributed by atoms with Crippen LogP contribution >= 0.6 is 46.4 Å². The van der Waals surface area contributed by atoms with Gasteiger partial charge < -0.3 is 30.7 Å². The van der Waals surface area contributed by atoms with Crippen molar-refractivity contribution in [1.29, 1.82) is 0 Å². The summed E-state index contributed by atoms with van der Waals surface area (Å²) in [6.07, 6.45) is 0. The van der Waals surface area contributed by atoms with Gasteiger partial charge in [-0.15, -0.1) is 23.2 Å². The van der Waals surface area contributed by atoms with E-state index in [9.17, 15) is 28.8 Å². The van der Waals surface area contributed by atoms with Crippen molar-refractivity contribution in [2.24, 2.45) is 20.5 Å². The highest BCUT2D eigenvalue weighted by Gasteiger charge is 2.28. The Morgan fingerprint density at radius 3 is 1.36 bits per heavy atom. The number of hydrogen-bond donors (Lipinski definition) is 4. The van der Waals surface area contributed by atoms with Gasteiger partial charge in [-0.25, -0.2) is 0 Å². The molecule has 0 fully saturated rings. The molecule has 5 aromatic rings. The average molecular weight is 949 g/mol. The number of nitrogens with one attached hydrogen (secondary N) is 4. The maximum atomic E-state index is 13.6. The summed E-state index contributed by atoms with van der Waals surface area (Å²) >= 11 is 25.1. The van der Waals surface area contributed by atoms with Gasteiger partial charge in [-0.3, -0.25) is 28.8 Å². The lowest BCUT2D eigenvalue weighted by molar-refractivity contribution is -0.127. The van der Waals surface area contributed by atoms with E-state index in [1.165, 1.54) is 62.8 Å². The molecule has 4 amide bonds. The fraction of sp³-hybridized carbons (Fsp3) is 0.182. The van der Waals surface area contributed by atoms with Crippen molar-refractivity contribution in [3.63, 3.8) is 0 Å². The molecule has 0 saturated heterocycles. The molecule has 5 aromatic carbocycles. The van der Waals surface area contributed by atoms with Crippen molar-refractivity contribution in [3.8, 4) is 11.5 Å². The van der Waals surface area contributed by atoms with E-state index in [1.54, 1.807) is 48.5 Å². The van der Waals surface area contributed by atoms with Gasteiger partial charge >= 0.3 is 0 Å². The fourth-order valence-electron chi connectivity index (χ4n) is 5.83. The molecule has 0 aliphatic heterocycles. The van der Waals surface area contributed by atoms with Crippen molar-refractivity contribution in [2.75, 3.05) is 35.5 Å². The Hall–Kier alpha value is -6.72. The van der Waals surface area contributed by atoms with Gasteiger partial charge in [0.05, 0.1) is 35.4 Å². The zero-order valence-corrected chi connectivity index (χ0v) is 37.4. The Balaban J connectivity index is 1.31. The van der Waals surface area contributed by atoms with E-state index >= 15 is 0 Å². The molecule has 2 atom stereocenters. The Morgan fingerprint density at radius 1 is 0.562 bits per heavy atom. The molecule has 20 heteroatoms. The monoisotopic (exact) mass is 946 g/mol. The molecule has 0 aliphatic carbocycles. The number of benzene rings is 5. The molecular weight excluding hydrogens is 910 g/mol. The first kappa shape index (κ1) is 48.3.